The fourth-order valence-corrected chi connectivity index (χ4v) is 2.03. The summed E-state index contributed by atoms with van der Waals surface area (Å²) in [5, 5.41) is 11.5. The lowest BCUT2D eigenvalue weighted by Gasteiger charge is -2.15. The van der Waals surface area contributed by atoms with E-state index in [2.05, 4.69) is 5.32 Å². The quantitative estimate of drug-likeness (QED) is 0.769. The van der Waals surface area contributed by atoms with Crippen molar-refractivity contribution < 1.29 is 14.7 Å². The van der Waals surface area contributed by atoms with Crippen LogP contribution in [0.15, 0.2) is 24.3 Å². The van der Waals surface area contributed by atoms with Crippen molar-refractivity contribution in [2.24, 2.45) is 0 Å². The molecule has 0 fully saturated rings. The second-order valence-electron chi connectivity index (χ2n) is 5.33. The predicted molar refractivity (Wildman–Crippen MR) is 83.6 cm³/mol. The molecule has 0 aliphatic heterocycles. The first-order chi connectivity index (χ1) is 9.92. The highest BCUT2D eigenvalue weighted by atomic mass is 16.4. The number of amides is 1. The van der Waals surface area contributed by atoms with Crippen molar-refractivity contribution >= 4 is 17.6 Å². The van der Waals surface area contributed by atoms with Crippen LogP contribution in [0.3, 0.4) is 0 Å². The largest absolute Gasteiger partial charge is 0.481 e. The normalized spacial score (nSPS) is 11.8. The van der Waals surface area contributed by atoms with Crippen LogP contribution in [-0.2, 0) is 16.0 Å². The molecule has 1 aromatic rings. The van der Waals surface area contributed by atoms with Gasteiger partial charge in [-0.15, -0.1) is 0 Å². The summed E-state index contributed by atoms with van der Waals surface area (Å²) in [5.41, 5.74) is 2.22. The van der Waals surface area contributed by atoms with E-state index < -0.39 is 5.97 Å². The number of benzene rings is 1. The van der Waals surface area contributed by atoms with E-state index in [1.54, 1.807) is 0 Å². The third kappa shape index (κ3) is 6.29. The summed E-state index contributed by atoms with van der Waals surface area (Å²) in [5.74, 6) is -0.985. The lowest BCUT2D eigenvalue weighted by atomic mass is 10.1. The molecule has 0 bridgehead atoms. The average molecular weight is 292 g/mol. The van der Waals surface area contributed by atoms with Gasteiger partial charge in [0.25, 0.3) is 0 Å². The Morgan fingerprint density at radius 3 is 2.33 bits per heavy atom. The van der Waals surface area contributed by atoms with Crippen LogP contribution in [0.25, 0.3) is 0 Å². The first-order valence-corrected chi connectivity index (χ1v) is 7.19. The highest BCUT2D eigenvalue weighted by molar-refractivity contribution is 5.77. The number of hydrogen-bond donors (Lipinski definition) is 2. The first-order valence-electron chi connectivity index (χ1n) is 7.19. The molecule has 1 amide bonds. The molecule has 0 spiro atoms. The van der Waals surface area contributed by atoms with E-state index in [4.69, 9.17) is 5.11 Å². The highest BCUT2D eigenvalue weighted by Gasteiger charge is 2.13. The minimum Gasteiger partial charge on any atom is -0.481 e. The molecule has 0 saturated carbocycles. The second kappa shape index (κ2) is 8.29. The molecule has 0 aromatic heterocycles. The summed E-state index contributed by atoms with van der Waals surface area (Å²) >= 11 is 0. The van der Waals surface area contributed by atoms with E-state index in [9.17, 15) is 9.59 Å². The molecule has 1 unspecified atom stereocenters. The van der Waals surface area contributed by atoms with Crippen LogP contribution in [0.1, 0.15) is 31.7 Å². The van der Waals surface area contributed by atoms with Crippen molar-refractivity contribution in [2.45, 2.75) is 38.6 Å². The van der Waals surface area contributed by atoms with Crippen LogP contribution in [-0.4, -0.2) is 37.1 Å². The molecule has 0 radical (unpaired) electrons. The topological polar surface area (TPSA) is 69.6 Å². The SMILES string of the molecule is CCC(CC(=O)O)NC(=O)CCc1ccc(N(C)C)cc1. The molecule has 1 atom stereocenters. The van der Waals surface area contributed by atoms with Crippen molar-refractivity contribution in [2.75, 3.05) is 19.0 Å². The minimum absolute atomic E-state index is 0.0280. The Labute approximate surface area is 126 Å². The van der Waals surface area contributed by atoms with Crippen LogP contribution < -0.4 is 10.2 Å². The fraction of sp³-hybridized carbons (Fsp3) is 0.500. The Bertz CT molecular complexity index is 469. The lowest BCUT2D eigenvalue weighted by molar-refractivity contribution is -0.137. The van der Waals surface area contributed by atoms with Crippen LogP contribution >= 0.6 is 0 Å². The maximum atomic E-state index is 11.8. The number of rotatable bonds is 8. The average Bonchev–Trinajstić information content (AvgIpc) is 2.44. The van der Waals surface area contributed by atoms with Gasteiger partial charge < -0.3 is 15.3 Å². The van der Waals surface area contributed by atoms with E-state index in [1.165, 1.54) is 0 Å². The van der Waals surface area contributed by atoms with Crippen LogP contribution in [0.4, 0.5) is 5.69 Å². The smallest absolute Gasteiger partial charge is 0.305 e. The van der Waals surface area contributed by atoms with Gasteiger partial charge in [0, 0.05) is 32.2 Å². The predicted octanol–water partition coefficient (Wildman–Crippen LogP) is 2.05. The van der Waals surface area contributed by atoms with Gasteiger partial charge in [0.15, 0.2) is 0 Å². The number of carboxylic acid groups (broad SMARTS) is 1. The van der Waals surface area contributed by atoms with Crippen molar-refractivity contribution in [1.82, 2.24) is 5.32 Å². The number of carbonyl (C=O) groups excluding carboxylic acids is 1. The monoisotopic (exact) mass is 292 g/mol. The Morgan fingerprint density at radius 1 is 1.24 bits per heavy atom. The van der Waals surface area contributed by atoms with Gasteiger partial charge in [-0.2, -0.15) is 0 Å². The maximum Gasteiger partial charge on any atom is 0.305 e. The molecule has 5 nitrogen and oxygen atoms in total. The van der Waals surface area contributed by atoms with E-state index >= 15 is 0 Å². The van der Waals surface area contributed by atoms with Crippen LogP contribution in [0.2, 0.25) is 0 Å². The molecule has 1 rings (SSSR count). The minimum atomic E-state index is -0.888. The number of hydrogen-bond acceptors (Lipinski definition) is 3. The molecule has 0 heterocycles. The van der Waals surface area contributed by atoms with Gasteiger partial charge in [-0.1, -0.05) is 19.1 Å². The van der Waals surface area contributed by atoms with E-state index in [0.29, 0.717) is 19.3 Å². The summed E-state index contributed by atoms with van der Waals surface area (Å²) in [6.07, 6.45) is 1.62. The highest BCUT2D eigenvalue weighted by Crippen LogP contribution is 2.13. The zero-order chi connectivity index (χ0) is 15.8. The molecule has 0 saturated heterocycles. The van der Waals surface area contributed by atoms with Crippen molar-refractivity contribution in [1.29, 1.82) is 0 Å². The van der Waals surface area contributed by atoms with E-state index in [0.717, 1.165) is 11.3 Å². The Morgan fingerprint density at radius 2 is 1.86 bits per heavy atom. The number of carboxylic acids is 1. The Hall–Kier alpha value is -2.04. The number of carbonyl (C=O) groups is 2. The number of aryl methyl sites for hydroxylation is 1. The molecule has 2 N–H and O–H groups in total. The van der Waals surface area contributed by atoms with Gasteiger partial charge in [0.2, 0.25) is 5.91 Å². The van der Waals surface area contributed by atoms with Gasteiger partial charge in [0.05, 0.1) is 6.42 Å². The van der Waals surface area contributed by atoms with Gasteiger partial charge in [-0.3, -0.25) is 9.59 Å². The standard InChI is InChI=1S/C16H24N2O3/c1-4-13(11-16(20)21)17-15(19)10-7-12-5-8-14(9-6-12)18(2)3/h5-6,8-9,13H,4,7,10-11H2,1-3H3,(H,17,19)(H,20,21). The fourth-order valence-electron chi connectivity index (χ4n) is 2.03. The summed E-state index contributed by atoms with van der Waals surface area (Å²) in [7, 11) is 3.96. The second-order valence-corrected chi connectivity index (χ2v) is 5.33. The van der Waals surface area contributed by atoms with Crippen LogP contribution in [0, 0.1) is 0 Å². The number of nitrogens with one attached hydrogen (secondary N) is 1. The lowest BCUT2D eigenvalue weighted by Crippen LogP contribution is -2.36. The molecule has 21 heavy (non-hydrogen) atoms. The van der Waals surface area contributed by atoms with E-state index in [1.807, 2.05) is 50.2 Å². The Balaban J connectivity index is 2.43. The van der Waals surface area contributed by atoms with E-state index in [-0.39, 0.29) is 18.4 Å². The summed E-state index contributed by atoms with van der Waals surface area (Å²) in [4.78, 5) is 24.5. The van der Waals surface area contributed by atoms with Crippen molar-refractivity contribution in [3.05, 3.63) is 29.8 Å². The summed E-state index contributed by atoms with van der Waals surface area (Å²) in [6, 6.07) is 7.78. The molecule has 1 aromatic carbocycles. The van der Waals surface area contributed by atoms with Gasteiger partial charge in [0.1, 0.15) is 0 Å². The number of anilines is 1. The summed E-state index contributed by atoms with van der Waals surface area (Å²) < 4.78 is 0. The molecule has 5 heteroatoms. The third-order valence-electron chi connectivity index (χ3n) is 3.37. The van der Waals surface area contributed by atoms with Gasteiger partial charge >= 0.3 is 5.97 Å². The third-order valence-corrected chi connectivity index (χ3v) is 3.37. The maximum absolute atomic E-state index is 11.8. The van der Waals surface area contributed by atoms with Crippen LogP contribution in [0.5, 0.6) is 0 Å². The number of nitrogens with zero attached hydrogens (tertiary/aromatic N) is 1. The molecule has 0 aliphatic carbocycles. The van der Waals surface area contributed by atoms with Crippen molar-refractivity contribution in [3.63, 3.8) is 0 Å². The zero-order valence-corrected chi connectivity index (χ0v) is 12.9. The molecular weight excluding hydrogens is 268 g/mol. The van der Waals surface area contributed by atoms with Gasteiger partial charge in [-0.05, 0) is 30.5 Å². The molecule has 116 valence electrons. The van der Waals surface area contributed by atoms with Gasteiger partial charge in [-0.25, -0.2) is 0 Å². The van der Waals surface area contributed by atoms with Crippen molar-refractivity contribution in [3.8, 4) is 0 Å². The summed E-state index contributed by atoms with van der Waals surface area (Å²) in [6.45, 7) is 1.87. The first kappa shape index (κ1) is 17.0. The Kier molecular flexibility index (Phi) is 6.72. The molecular formula is C16H24N2O3. The zero-order valence-electron chi connectivity index (χ0n) is 12.9. The molecule has 0 aliphatic rings. The number of aliphatic carboxylic acids is 1.